The largest absolute Gasteiger partial charge is 0.396 e. The number of rotatable bonds is 5. The minimum atomic E-state index is 0.132. The first-order valence-corrected chi connectivity index (χ1v) is 9.04. The quantitative estimate of drug-likeness (QED) is 0.478. The second kappa shape index (κ2) is 7.00. The molecule has 0 spiro atoms. The van der Waals surface area contributed by atoms with Crippen molar-refractivity contribution in [1.82, 2.24) is 9.97 Å². The lowest BCUT2D eigenvalue weighted by molar-refractivity contribution is 0.303. The molecule has 6 heteroatoms. The summed E-state index contributed by atoms with van der Waals surface area (Å²) in [6, 6.07) is 12.3. The number of thiophene rings is 1. The molecule has 0 unspecified atom stereocenters. The van der Waals surface area contributed by atoms with Crippen molar-refractivity contribution >= 4 is 49.9 Å². The molecule has 4 aromatic rings. The number of fused-ring (bicyclic) bond motifs is 2. The average Bonchev–Trinajstić information content (AvgIpc) is 3.28. The molecule has 3 heterocycles. The summed E-state index contributed by atoms with van der Waals surface area (Å²) in [4.78, 5) is 9.50. The van der Waals surface area contributed by atoms with Crippen LogP contribution in [0, 0.1) is 11.3 Å². The first-order chi connectivity index (χ1) is 12.8. The highest BCUT2D eigenvalue weighted by molar-refractivity contribution is 7.19. The minimum Gasteiger partial charge on any atom is -0.396 e. The summed E-state index contributed by atoms with van der Waals surface area (Å²) >= 11 is 1.56. The minimum absolute atomic E-state index is 0.132. The van der Waals surface area contributed by atoms with E-state index in [-0.39, 0.29) is 6.61 Å². The van der Waals surface area contributed by atoms with E-state index in [0.717, 1.165) is 37.4 Å². The molecule has 0 fully saturated rings. The van der Waals surface area contributed by atoms with E-state index in [1.807, 2.05) is 48.7 Å². The van der Waals surface area contributed by atoms with Gasteiger partial charge in [-0.2, -0.15) is 5.26 Å². The molecule has 3 aromatic heterocycles. The number of nitriles is 1. The van der Waals surface area contributed by atoms with E-state index in [0.29, 0.717) is 12.0 Å². The van der Waals surface area contributed by atoms with Crippen molar-refractivity contribution in [3.05, 3.63) is 59.2 Å². The zero-order chi connectivity index (χ0) is 17.9. The van der Waals surface area contributed by atoms with E-state index in [4.69, 9.17) is 5.11 Å². The molecule has 0 bridgehead atoms. The SMILES string of the molecule is N#Cc1cnc2sc(C=CCCO)cc2c1Nc1ccc2[nH]ccc2c1. The Balaban J connectivity index is 1.77. The summed E-state index contributed by atoms with van der Waals surface area (Å²) < 4.78 is 0. The van der Waals surface area contributed by atoms with Crippen molar-refractivity contribution in [2.45, 2.75) is 6.42 Å². The maximum Gasteiger partial charge on any atom is 0.125 e. The number of anilines is 2. The Morgan fingerprint density at radius 1 is 1.31 bits per heavy atom. The highest BCUT2D eigenvalue weighted by Crippen LogP contribution is 2.35. The summed E-state index contributed by atoms with van der Waals surface area (Å²) in [6.45, 7) is 0.132. The summed E-state index contributed by atoms with van der Waals surface area (Å²) in [5.41, 5.74) is 3.27. The van der Waals surface area contributed by atoms with Gasteiger partial charge in [0.15, 0.2) is 0 Å². The average molecular weight is 360 g/mol. The van der Waals surface area contributed by atoms with Gasteiger partial charge in [-0.15, -0.1) is 11.3 Å². The Labute approximate surface area is 154 Å². The highest BCUT2D eigenvalue weighted by atomic mass is 32.1. The van der Waals surface area contributed by atoms with Gasteiger partial charge in [0.05, 0.1) is 11.3 Å². The van der Waals surface area contributed by atoms with Crippen molar-refractivity contribution in [1.29, 1.82) is 5.26 Å². The standard InChI is InChI=1S/C20H16N4OS/c21-11-14-12-23-20-17(10-16(26-20)3-1-2-8-25)19(14)24-15-4-5-18-13(9-15)6-7-22-18/h1,3-7,9-10,12,22,25H,2,8H2,(H,23,24). The number of aliphatic hydroxyl groups is 1. The number of nitrogens with zero attached hydrogens (tertiary/aromatic N) is 2. The second-order valence-corrected chi connectivity index (χ2v) is 6.91. The van der Waals surface area contributed by atoms with Crippen LogP contribution in [0.5, 0.6) is 0 Å². The van der Waals surface area contributed by atoms with Crippen LogP contribution in [0.1, 0.15) is 16.9 Å². The van der Waals surface area contributed by atoms with Crippen molar-refractivity contribution in [3.63, 3.8) is 0 Å². The number of aromatic amines is 1. The third-order valence-corrected chi connectivity index (χ3v) is 5.11. The number of nitrogens with one attached hydrogen (secondary N) is 2. The summed E-state index contributed by atoms with van der Waals surface area (Å²) in [5, 5.41) is 23.8. The second-order valence-electron chi connectivity index (χ2n) is 5.85. The molecular weight excluding hydrogens is 344 g/mol. The fourth-order valence-corrected chi connectivity index (χ4v) is 3.80. The number of pyridine rings is 1. The first kappa shape index (κ1) is 16.3. The van der Waals surface area contributed by atoms with Gasteiger partial charge in [-0.1, -0.05) is 6.08 Å². The Bertz CT molecular complexity index is 1150. The van der Waals surface area contributed by atoms with Crippen LogP contribution in [0.2, 0.25) is 0 Å². The molecule has 0 saturated carbocycles. The van der Waals surface area contributed by atoms with Gasteiger partial charge in [0.25, 0.3) is 0 Å². The number of benzene rings is 1. The lowest BCUT2D eigenvalue weighted by atomic mass is 10.1. The topological polar surface area (TPSA) is 84.7 Å². The number of aliphatic hydroxyl groups excluding tert-OH is 1. The van der Waals surface area contributed by atoms with E-state index >= 15 is 0 Å². The third kappa shape index (κ3) is 3.06. The summed E-state index contributed by atoms with van der Waals surface area (Å²) in [5.74, 6) is 0. The van der Waals surface area contributed by atoms with Crippen LogP contribution in [0.4, 0.5) is 11.4 Å². The van der Waals surface area contributed by atoms with Crippen molar-refractivity contribution in [2.24, 2.45) is 0 Å². The van der Waals surface area contributed by atoms with E-state index in [1.54, 1.807) is 17.5 Å². The van der Waals surface area contributed by atoms with Crippen molar-refractivity contribution in [3.8, 4) is 6.07 Å². The lowest BCUT2D eigenvalue weighted by Crippen LogP contribution is -1.95. The molecule has 0 amide bonds. The fourth-order valence-electron chi connectivity index (χ4n) is 2.86. The van der Waals surface area contributed by atoms with Crippen LogP contribution in [-0.2, 0) is 0 Å². The number of H-pyrrole nitrogens is 1. The molecule has 5 nitrogen and oxygen atoms in total. The van der Waals surface area contributed by atoms with Crippen LogP contribution < -0.4 is 5.32 Å². The van der Waals surface area contributed by atoms with Gasteiger partial charge in [-0.25, -0.2) is 4.98 Å². The normalized spacial score (nSPS) is 11.4. The molecule has 0 aliphatic rings. The van der Waals surface area contributed by atoms with Gasteiger partial charge in [-0.05, 0) is 42.8 Å². The predicted octanol–water partition coefficient (Wildman–Crippen LogP) is 4.79. The molecule has 0 aliphatic heterocycles. The smallest absolute Gasteiger partial charge is 0.125 e. The van der Waals surface area contributed by atoms with Gasteiger partial charge < -0.3 is 15.4 Å². The summed E-state index contributed by atoms with van der Waals surface area (Å²) in [7, 11) is 0. The van der Waals surface area contributed by atoms with E-state index in [2.05, 4.69) is 21.4 Å². The first-order valence-electron chi connectivity index (χ1n) is 8.22. The highest BCUT2D eigenvalue weighted by Gasteiger charge is 2.12. The fraction of sp³-hybridized carbons (Fsp3) is 0.100. The van der Waals surface area contributed by atoms with Crippen LogP contribution in [0.15, 0.2) is 48.8 Å². The molecule has 3 N–H and O–H groups in total. The lowest BCUT2D eigenvalue weighted by Gasteiger charge is -2.09. The zero-order valence-corrected chi connectivity index (χ0v) is 14.7. The van der Waals surface area contributed by atoms with Gasteiger partial charge in [0.2, 0.25) is 0 Å². The Hall–Kier alpha value is -3.14. The summed E-state index contributed by atoms with van der Waals surface area (Å²) in [6.07, 6.45) is 8.04. The molecule has 0 saturated heterocycles. The van der Waals surface area contributed by atoms with E-state index in [9.17, 15) is 5.26 Å². The molecular formula is C20H16N4OS. The molecule has 0 radical (unpaired) electrons. The van der Waals surface area contributed by atoms with Crippen LogP contribution in [0.25, 0.3) is 27.2 Å². The zero-order valence-electron chi connectivity index (χ0n) is 13.9. The Kier molecular flexibility index (Phi) is 4.40. The van der Waals surface area contributed by atoms with Gasteiger partial charge in [0.1, 0.15) is 10.9 Å². The van der Waals surface area contributed by atoms with E-state index < -0.39 is 0 Å². The van der Waals surface area contributed by atoms with Gasteiger partial charge >= 0.3 is 0 Å². The Morgan fingerprint density at radius 3 is 3.08 bits per heavy atom. The van der Waals surface area contributed by atoms with Gasteiger partial charge in [0, 0.05) is 45.9 Å². The molecule has 4 rings (SSSR count). The van der Waals surface area contributed by atoms with Gasteiger partial charge in [-0.3, -0.25) is 0 Å². The number of hydrogen-bond donors (Lipinski definition) is 3. The maximum atomic E-state index is 9.50. The molecule has 1 aromatic carbocycles. The monoisotopic (exact) mass is 360 g/mol. The number of aromatic nitrogens is 2. The Morgan fingerprint density at radius 2 is 2.23 bits per heavy atom. The molecule has 0 atom stereocenters. The number of hydrogen-bond acceptors (Lipinski definition) is 5. The van der Waals surface area contributed by atoms with E-state index in [1.165, 1.54) is 0 Å². The predicted molar refractivity (Wildman–Crippen MR) is 107 cm³/mol. The van der Waals surface area contributed by atoms with Crippen LogP contribution >= 0.6 is 11.3 Å². The van der Waals surface area contributed by atoms with Crippen LogP contribution in [0.3, 0.4) is 0 Å². The third-order valence-electron chi connectivity index (χ3n) is 4.10. The molecule has 0 aliphatic carbocycles. The molecule has 128 valence electrons. The maximum absolute atomic E-state index is 9.50. The van der Waals surface area contributed by atoms with Crippen molar-refractivity contribution in [2.75, 3.05) is 11.9 Å². The van der Waals surface area contributed by atoms with Crippen LogP contribution in [-0.4, -0.2) is 21.7 Å². The van der Waals surface area contributed by atoms with Crippen molar-refractivity contribution < 1.29 is 5.11 Å². The molecule has 26 heavy (non-hydrogen) atoms.